The predicted molar refractivity (Wildman–Crippen MR) is 79.7 cm³/mol. The molecule has 22 heavy (non-hydrogen) atoms. The van der Waals surface area contributed by atoms with Crippen molar-refractivity contribution in [2.24, 2.45) is 0 Å². The van der Waals surface area contributed by atoms with Crippen LogP contribution in [0.15, 0.2) is 30.6 Å². The summed E-state index contributed by atoms with van der Waals surface area (Å²) in [6.45, 7) is 1.46. The maximum atomic E-state index is 11.0. The zero-order valence-electron chi connectivity index (χ0n) is 11.9. The van der Waals surface area contributed by atoms with Crippen LogP contribution in [0.25, 0.3) is 11.4 Å². The van der Waals surface area contributed by atoms with E-state index in [-0.39, 0.29) is 11.7 Å². The highest BCUT2D eigenvalue weighted by atomic mass is 16.5. The van der Waals surface area contributed by atoms with Crippen LogP contribution in [-0.4, -0.2) is 45.3 Å². The Morgan fingerprint density at radius 3 is 2.95 bits per heavy atom. The Balaban J connectivity index is 1.75. The maximum Gasteiger partial charge on any atom is 0.335 e. The van der Waals surface area contributed by atoms with Gasteiger partial charge in [-0.15, -0.1) is 0 Å². The molecule has 0 saturated carbocycles. The molecule has 0 aliphatic carbocycles. The number of aromatic nitrogens is 3. The van der Waals surface area contributed by atoms with Gasteiger partial charge in [0.25, 0.3) is 0 Å². The van der Waals surface area contributed by atoms with Gasteiger partial charge in [-0.1, -0.05) is 0 Å². The average molecular weight is 300 g/mol. The third-order valence-corrected chi connectivity index (χ3v) is 3.44. The van der Waals surface area contributed by atoms with Crippen LogP contribution in [0.5, 0.6) is 0 Å². The van der Waals surface area contributed by atoms with E-state index in [1.807, 2.05) is 0 Å². The Morgan fingerprint density at radius 1 is 1.32 bits per heavy atom. The van der Waals surface area contributed by atoms with Crippen molar-refractivity contribution in [1.29, 1.82) is 0 Å². The first kappa shape index (κ1) is 14.4. The molecule has 0 aromatic carbocycles. The number of carboxylic acids is 1. The van der Waals surface area contributed by atoms with Crippen LogP contribution in [0.2, 0.25) is 0 Å². The van der Waals surface area contributed by atoms with Gasteiger partial charge in [0.2, 0.25) is 5.95 Å². The minimum absolute atomic E-state index is 0.178. The maximum absolute atomic E-state index is 11.0. The van der Waals surface area contributed by atoms with Gasteiger partial charge >= 0.3 is 5.97 Å². The number of anilines is 1. The van der Waals surface area contributed by atoms with E-state index in [2.05, 4.69) is 20.3 Å². The van der Waals surface area contributed by atoms with E-state index in [4.69, 9.17) is 9.84 Å². The molecule has 114 valence electrons. The van der Waals surface area contributed by atoms with Crippen LogP contribution in [0.1, 0.15) is 23.2 Å². The van der Waals surface area contributed by atoms with Gasteiger partial charge in [-0.2, -0.15) is 0 Å². The Bertz CT molecular complexity index is 671. The lowest BCUT2D eigenvalue weighted by atomic mass is 10.2. The fourth-order valence-corrected chi connectivity index (χ4v) is 2.30. The molecule has 1 saturated heterocycles. The summed E-state index contributed by atoms with van der Waals surface area (Å²) in [5.41, 5.74) is 1.26. The minimum Gasteiger partial charge on any atom is -0.478 e. The van der Waals surface area contributed by atoms with E-state index in [1.165, 1.54) is 18.3 Å². The van der Waals surface area contributed by atoms with Crippen LogP contribution in [0.3, 0.4) is 0 Å². The molecule has 2 N–H and O–H groups in total. The third kappa shape index (κ3) is 3.37. The van der Waals surface area contributed by atoms with Crippen LogP contribution >= 0.6 is 0 Å². The Morgan fingerprint density at radius 2 is 2.18 bits per heavy atom. The summed E-state index contributed by atoms with van der Waals surface area (Å²) in [5.74, 6) is -0.509. The fraction of sp³-hybridized carbons (Fsp3) is 0.333. The monoisotopic (exact) mass is 300 g/mol. The van der Waals surface area contributed by atoms with Crippen molar-refractivity contribution >= 4 is 11.9 Å². The zero-order valence-corrected chi connectivity index (χ0v) is 11.9. The van der Waals surface area contributed by atoms with E-state index >= 15 is 0 Å². The number of carboxylic acid groups (broad SMARTS) is 1. The molecule has 0 radical (unpaired) electrons. The number of pyridine rings is 1. The summed E-state index contributed by atoms with van der Waals surface area (Å²) in [6, 6.07) is 4.64. The molecule has 7 heteroatoms. The molecular formula is C15H16N4O3. The molecule has 1 unspecified atom stereocenters. The van der Waals surface area contributed by atoms with Crippen molar-refractivity contribution in [3.63, 3.8) is 0 Å². The SMILES string of the molecule is O=C(O)c1ccnc(-c2ccnc(NCC3CCCO3)n2)c1. The summed E-state index contributed by atoms with van der Waals surface area (Å²) < 4.78 is 5.54. The van der Waals surface area contributed by atoms with Crippen LogP contribution < -0.4 is 5.32 Å². The lowest BCUT2D eigenvalue weighted by molar-refractivity contribution is 0.0697. The van der Waals surface area contributed by atoms with Crippen molar-refractivity contribution in [1.82, 2.24) is 15.0 Å². The van der Waals surface area contributed by atoms with Crippen molar-refractivity contribution in [3.05, 3.63) is 36.2 Å². The van der Waals surface area contributed by atoms with Gasteiger partial charge in [0.1, 0.15) is 0 Å². The van der Waals surface area contributed by atoms with Crippen LogP contribution in [-0.2, 0) is 4.74 Å². The first-order chi connectivity index (χ1) is 10.7. The normalized spacial score (nSPS) is 17.4. The van der Waals surface area contributed by atoms with Gasteiger partial charge in [-0.05, 0) is 31.0 Å². The number of aromatic carboxylic acids is 1. The first-order valence-electron chi connectivity index (χ1n) is 7.10. The van der Waals surface area contributed by atoms with Crippen molar-refractivity contribution in [2.45, 2.75) is 18.9 Å². The number of nitrogens with zero attached hydrogens (tertiary/aromatic N) is 3. The molecule has 0 bridgehead atoms. The molecule has 3 rings (SSSR count). The van der Waals surface area contributed by atoms with Crippen molar-refractivity contribution in [2.75, 3.05) is 18.5 Å². The highest BCUT2D eigenvalue weighted by Crippen LogP contribution is 2.17. The summed E-state index contributed by atoms with van der Waals surface area (Å²) in [7, 11) is 0. The van der Waals surface area contributed by atoms with Crippen molar-refractivity contribution < 1.29 is 14.6 Å². The van der Waals surface area contributed by atoms with Gasteiger partial charge in [0.05, 0.1) is 23.1 Å². The molecule has 1 atom stereocenters. The van der Waals surface area contributed by atoms with Crippen molar-refractivity contribution in [3.8, 4) is 11.4 Å². The topological polar surface area (TPSA) is 97.2 Å². The molecule has 0 spiro atoms. The molecule has 2 aromatic heterocycles. The fourth-order valence-electron chi connectivity index (χ4n) is 2.30. The third-order valence-electron chi connectivity index (χ3n) is 3.44. The second-order valence-electron chi connectivity index (χ2n) is 5.02. The number of rotatable bonds is 5. The summed E-state index contributed by atoms with van der Waals surface area (Å²) >= 11 is 0. The minimum atomic E-state index is -0.991. The molecular weight excluding hydrogens is 284 g/mol. The quantitative estimate of drug-likeness (QED) is 0.869. The molecule has 7 nitrogen and oxygen atoms in total. The lowest BCUT2D eigenvalue weighted by Gasteiger charge is -2.11. The number of nitrogens with one attached hydrogen (secondary N) is 1. The smallest absolute Gasteiger partial charge is 0.335 e. The summed E-state index contributed by atoms with van der Waals surface area (Å²) in [4.78, 5) is 23.7. The van der Waals surface area contributed by atoms with E-state index in [0.29, 0.717) is 23.9 Å². The highest BCUT2D eigenvalue weighted by molar-refractivity contribution is 5.88. The largest absolute Gasteiger partial charge is 0.478 e. The average Bonchev–Trinajstić information content (AvgIpc) is 3.07. The van der Waals surface area contributed by atoms with Crippen LogP contribution in [0.4, 0.5) is 5.95 Å². The summed E-state index contributed by atoms with van der Waals surface area (Å²) in [5, 5.41) is 12.2. The lowest BCUT2D eigenvalue weighted by Crippen LogP contribution is -2.19. The van der Waals surface area contributed by atoms with E-state index in [1.54, 1.807) is 12.3 Å². The second-order valence-corrected chi connectivity index (χ2v) is 5.02. The number of hydrogen-bond acceptors (Lipinski definition) is 6. The molecule has 1 aliphatic heterocycles. The van der Waals surface area contributed by atoms with E-state index in [0.717, 1.165) is 19.4 Å². The number of carbonyl (C=O) groups is 1. The first-order valence-corrected chi connectivity index (χ1v) is 7.10. The van der Waals surface area contributed by atoms with E-state index < -0.39 is 5.97 Å². The highest BCUT2D eigenvalue weighted by Gasteiger charge is 2.15. The van der Waals surface area contributed by atoms with Gasteiger partial charge in [-0.25, -0.2) is 14.8 Å². The predicted octanol–water partition coefficient (Wildman–Crippen LogP) is 1.83. The molecule has 1 fully saturated rings. The molecule has 1 aliphatic rings. The van der Waals surface area contributed by atoms with Gasteiger partial charge < -0.3 is 15.2 Å². The second kappa shape index (κ2) is 6.48. The molecule has 0 amide bonds. The Kier molecular flexibility index (Phi) is 4.24. The molecule has 3 heterocycles. The van der Waals surface area contributed by atoms with Gasteiger partial charge in [0.15, 0.2) is 0 Å². The van der Waals surface area contributed by atoms with E-state index in [9.17, 15) is 4.79 Å². The summed E-state index contributed by atoms with van der Waals surface area (Å²) in [6.07, 6.45) is 5.39. The Hall–Kier alpha value is -2.54. The standard InChI is InChI=1S/C15H16N4O3/c20-14(21)10-3-5-16-13(8-10)12-4-6-17-15(19-12)18-9-11-2-1-7-22-11/h3-6,8,11H,1-2,7,9H2,(H,20,21)(H,17,18,19). The number of ether oxygens (including phenoxy) is 1. The molecule has 2 aromatic rings. The van der Waals surface area contributed by atoms with Gasteiger partial charge in [0, 0.05) is 25.5 Å². The number of hydrogen-bond donors (Lipinski definition) is 2. The Labute approximate surface area is 127 Å². The zero-order chi connectivity index (χ0) is 15.4. The van der Waals surface area contributed by atoms with Gasteiger partial charge in [-0.3, -0.25) is 4.98 Å². The van der Waals surface area contributed by atoms with Crippen LogP contribution in [0, 0.1) is 0 Å².